The van der Waals surface area contributed by atoms with Crippen LogP contribution in [0.4, 0.5) is 0 Å². The third kappa shape index (κ3) is 2.24. The summed E-state index contributed by atoms with van der Waals surface area (Å²) in [7, 11) is 1.42. The highest BCUT2D eigenvalue weighted by molar-refractivity contribution is 9.10. The minimum atomic E-state index is -0.244. The number of thiophene rings is 1. The third-order valence-corrected chi connectivity index (χ3v) is 4.28. The van der Waals surface area contributed by atoms with Crippen LogP contribution in [0.15, 0.2) is 22.7 Å². The zero-order valence-corrected chi connectivity index (χ0v) is 12.3. The van der Waals surface area contributed by atoms with E-state index in [1.165, 1.54) is 18.4 Å². The molecule has 0 atom stereocenters. The molecule has 0 unspecified atom stereocenters. The van der Waals surface area contributed by atoms with E-state index in [0.717, 1.165) is 25.0 Å². The summed E-state index contributed by atoms with van der Waals surface area (Å²) in [5.41, 5.74) is 1.09. The summed E-state index contributed by atoms with van der Waals surface area (Å²) in [6.07, 6.45) is 0. The second-order valence-corrected chi connectivity index (χ2v) is 6.10. The molecule has 2 nitrogen and oxygen atoms in total. The minimum Gasteiger partial charge on any atom is -0.465 e. The number of carbonyl (C=O) groups is 1. The smallest absolute Gasteiger partial charge is 0.348 e. The van der Waals surface area contributed by atoms with Gasteiger partial charge in [0.2, 0.25) is 0 Å². The van der Waals surface area contributed by atoms with E-state index in [0.29, 0.717) is 5.92 Å². The first-order valence-corrected chi connectivity index (χ1v) is 6.95. The maximum atomic E-state index is 11.8. The molecule has 90 valence electrons. The van der Waals surface area contributed by atoms with Gasteiger partial charge in [-0.15, -0.1) is 11.3 Å². The lowest BCUT2D eigenvalue weighted by molar-refractivity contribution is 0.0605. The number of rotatable bonds is 2. The molecule has 2 rings (SSSR count). The molecule has 17 heavy (non-hydrogen) atoms. The van der Waals surface area contributed by atoms with Gasteiger partial charge in [-0.25, -0.2) is 4.79 Å². The van der Waals surface area contributed by atoms with Crippen molar-refractivity contribution >= 4 is 43.3 Å². The van der Waals surface area contributed by atoms with E-state index in [1.807, 2.05) is 12.1 Å². The van der Waals surface area contributed by atoms with Crippen LogP contribution in [-0.4, -0.2) is 13.1 Å². The lowest BCUT2D eigenvalue weighted by atomic mass is 9.99. The van der Waals surface area contributed by atoms with Crippen LogP contribution in [0.25, 0.3) is 10.1 Å². The SMILES string of the molecule is COC(=O)c1sc2cc(Br)ccc2c1C(C)C. The average Bonchev–Trinajstić information content (AvgIpc) is 2.66. The molecule has 0 amide bonds. The van der Waals surface area contributed by atoms with Gasteiger partial charge in [-0.05, 0) is 29.0 Å². The molecule has 0 saturated carbocycles. The van der Waals surface area contributed by atoms with Crippen molar-refractivity contribution < 1.29 is 9.53 Å². The van der Waals surface area contributed by atoms with Gasteiger partial charge >= 0.3 is 5.97 Å². The molecule has 0 radical (unpaired) electrons. The molecule has 0 bridgehead atoms. The molecule has 0 aliphatic heterocycles. The summed E-state index contributed by atoms with van der Waals surface area (Å²) in [5.74, 6) is 0.0602. The van der Waals surface area contributed by atoms with Gasteiger partial charge in [0.1, 0.15) is 4.88 Å². The van der Waals surface area contributed by atoms with Crippen molar-refractivity contribution in [3.63, 3.8) is 0 Å². The number of methoxy groups -OCH3 is 1. The van der Waals surface area contributed by atoms with E-state index in [2.05, 4.69) is 35.8 Å². The molecule has 0 saturated heterocycles. The Morgan fingerprint density at radius 3 is 2.71 bits per heavy atom. The molecular weight excluding hydrogens is 300 g/mol. The van der Waals surface area contributed by atoms with E-state index in [4.69, 9.17) is 4.74 Å². The van der Waals surface area contributed by atoms with Crippen LogP contribution >= 0.6 is 27.3 Å². The monoisotopic (exact) mass is 312 g/mol. The van der Waals surface area contributed by atoms with Crippen molar-refractivity contribution in [1.82, 2.24) is 0 Å². The Labute approximate surface area is 113 Å². The summed E-state index contributed by atoms with van der Waals surface area (Å²) in [6, 6.07) is 6.10. The first kappa shape index (κ1) is 12.6. The zero-order chi connectivity index (χ0) is 12.6. The minimum absolute atomic E-state index is 0.244. The predicted octanol–water partition coefficient (Wildman–Crippen LogP) is 4.57. The molecule has 0 N–H and O–H groups in total. The second-order valence-electron chi connectivity index (χ2n) is 4.13. The van der Waals surface area contributed by atoms with Crippen molar-refractivity contribution in [2.45, 2.75) is 19.8 Å². The molecule has 1 aromatic heterocycles. The lowest BCUT2D eigenvalue weighted by Gasteiger charge is -2.06. The highest BCUT2D eigenvalue weighted by Crippen LogP contribution is 2.37. The summed E-state index contributed by atoms with van der Waals surface area (Å²) < 4.78 is 6.99. The van der Waals surface area contributed by atoms with Crippen molar-refractivity contribution in [2.24, 2.45) is 0 Å². The van der Waals surface area contributed by atoms with Gasteiger partial charge < -0.3 is 4.74 Å². The standard InChI is InChI=1S/C13H13BrO2S/c1-7(2)11-9-5-4-8(14)6-10(9)17-12(11)13(15)16-3/h4-7H,1-3H3. The van der Waals surface area contributed by atoms with Gasteiger partial charge in [-0.2, -0.15) is 0 Å². The van der Waals surface area contributed by atoms with Crippen LogP contribution in [0, 0.1) is 0 Å². The van der Waals surface area contributed by atoms with Crippen molar-refractivity contribution in [3.05, 3.63) is 33.1 Å². The van der Waals surface area contributed by atoms with Gasteiger partial charge in [0.25, 0.3) is 0 Å². The Kier molecular flexibility index (Phi) is 3.54. The number of ether oxygens (including phenoxy) is 1. The van der Waals surface area contributed by atoms with Crippen LogP contribution in [0.3, 0.4) is 0 Å². The number of benzene rings is 1. The highest BCUT2D eigenvalue weighted by atomic mass is 79.9. The van der Waals surface area contributed by atoms with Gasteiger partial charge in [0, 0.05) is 9.17 Å². The Morgan fingerprint density at radius 2 is 2.12 bits per heavy atom. The molecule has 1 aromatic carbocycles. The van der Waals surface area contributed by atoms with E-state index < -0.39 is 0 Å². The first-order valence-electron chi connectivity index (χ1n) is 5.35. The maximum Gasteiger partial charge on any atom is 0.348 e. The Morgan fingerprint density at radius 1 is 1.41 bits per heavy atom. The van der Waals surface area contributed by atoms with E-state index in [1.54, 1.807) is 0 Å². The molecule has 0 aliphatic carbocycles. The van der Waals surface area contributed by atoms with Crippen molar-refractivity contribution in [3.8, 4) is 0 Å². The number of halogens is 1. The van der Waals surface area contributed by atoms with Gasteiger partial charge in [-0.3, -0.25) is 0 Å². The van der Waals surface area contributed by atoms with E-state index in [-0.39, 0.29) is 5.97 Å². The van der Waals surface area contributed by atoms with Crippen LogP contribution in [0.2, 0.25) is 0 Å². The lowest BCUT2D eigenvalue weighted by Crippen LogP contribution is -2.02. The first-order chi connectivity index (χ1) is 8.04. The van der Waals surface area contributed by atoms with Gasteiger partial charge in [0.15, 0.2) is 0 Å². The largest absolute Gasteiger partial charge is 0.465 e. The summed E-state index contributed by atoms with van der Waals surface area (Å²) in [4.78, 5) is 12.5. The molecular formula is C13H13BrO2S. The quantitative estimate of drug-likeness (QED) is 0.759. The molecule has 4 heteroatoms. The van der Waals surface area contributed by atoms with Crippen molar-refractivity contribution in [1.29, 1.82) is 0 Å². The predicted molar refractivity (Wildman–Crippen MR) is 75.0 cm³/mol. The van der Waals surface area contributed by atoms with Crippen molar-refractivity contribution in [2.75, 3.05) is 7.11 Å². The fourth-order valence-corrected chi connectivity index (χ4v) is 3.74. The van der Waals surface area contributed by atoms with E-state index >= 15 is 0 Å². The third-order valence-electron chi connectivity index (χ3n) is 2.64. The fraction of sp³-hybridized carbons (Fsp3) is 0.308. The van der Waals surface area contributed by atoms with Gasteiger partial charge in [0.05, 0.1) is 7.11 Å². The van der Waals surface area contributed by atoms with Gasteiger partial charge in [-0.1, -0.05) is 35.8 Å². The highest BCUT2D eigenvalue weighted by Gasteiger charge is 2.20. The number of fused-ring (bicyclic) bond motifs is 1. The number of esters is 1. The Bertz CT molecular complexity index is 572. The molecule has 0 fully saturated rings. The summed E-state index contributed by atoms with van der Waals surface area (Å²) in [6.45, 7) is 4.19. The molecule has 0 aliphatic rings. The fourth-order valence-electron chi connectivity index (χ4n) is 1.91. The summed E-state index contributed by atoms with van der Waals surface area (Å²) in [5, 5.41) is 1.15. The Balaban J connectivity index is 2.74. The second kappa shape index (κ2) is 4.78. The Hall–Kier alpha value is -0.870. The molecule has 0 spiro atoms. The van der Waals surface area contributed by atoms with E-state index in [9.17, 15) is 4.79 Å². The zero-order valence-electron chi connectivity index (χ0n) is 9.91. The number of hydrogen-bond donors (Lipinski definition) is 0. The normalized spacial score (nSPS) is 11.1. The topological polar surface area (TPSA) is 26.3 Å². The summed E-state index contributed by atoms with van der Waals surface area (Å²) >= 11 is 4.94. The number of hydrogen-bond acceptors (Lipinski definition) is 3. The van der Waals surface area contributed by atoms with Crippen LogP contribution in [0.5, 0.6) is 0 Å². The van der Waals surface area contributed by atoms with Crippen LogP contribution in [0.1, 0.15) is 35.0 Å². The van der Waals surface area contributed by atoms with Crippen LogP contribution in [-0.2, 0) is 4.74 Å². The van der Waals surface area contributed by atoms with Crippen LogP contribution < -0.4 is 0 Å². The maximum absolute atomic E-state index is 11.8. The molecule has 2 aromatic rings. The average molecular weight is 313 g/mol. The molecule has 1 heterocycles. The number of carbonyl (C=O) groups excluding carboxylic acids is 1.